The molecule has 2 aliphatic rings. The first-order chi connectivity index (χ1) is 5.47. The van der Waals surface area contributed by atoms with Crippen LogP contribution >= 0.6 is 0 Å². The molecule has 0 aromatic rings. The fourth-order valence-electron chi connectivity index (χ4n) is 1.88. The zero-order valence-electron chi connectivity index (χ0n) is 6.81. The zero-order valence-corrected chi connectivity index (χ0v) is 6.81. The van der Waals surface area contributed by atoms with Gasteiger partial charge in [0, 0.05) is 25.6 Å². The summed E-state index contributed by atoms with van der Waals surface area (Å²) in [7, 11) is 0. The van der Waals surface area contributed by atoms with Crippen LogP contribution < -0.4 is 10.6 Å². The molecular formula is C8H16N2O. The van der Waals surface area contributed by atoms with Crippen molar-refractivity contribution in [1.29, 1.82) is 0 Å². The summed E-state index contributed by atoms with van der Waals surface area (Å²) < 4.78 is 5.68. The van der Waals surface area contributed by atoms with E-state index >= 15 is 0 Å². The van der Waals surface area contributed by atoms with Crippen LogP contribution in [0.3, 0.4) is 0 Å². The van der Waals surface area contributed by atoms with Gasteiger partial charge in [0.15, 0.2) is 0 Å². The summed E-state index contributed by atoms with van der Waals surface area (Å²) in [6.45, 7) is 5.25. The highest BCUT2D eigenvalue weighted by Crippen LogP contribution is 2.16. The van der Waals surface area contributed by atoms with Crippen LogP contribution in [0.15, 0.2) is 0 Å². The van der Waals surface area contributed by atoms with Crippen LogP contribution in [0.4, 0.5) is 0 Å². The van der Waals surface area contributed by atoms with E-state index in [1.807, 2.05) is 0 Å². The molecule has 2 N–H and O–H groups in total. The summed E-state index contributed by atoms with van der Waals surface area (Å²) in [5.41, 5.74) is 0. The summed E-state index contributed by atoms with van der Waals surface area (Å²) in [4.78, 5) is 0. The Morgan fingerprint density at radius 3 is 3.00 bits per heavy atom. The van der Waals surface area contributed by atoms with Crippen LogP contribution in [0, 0.1) is 5.92 Å². The van der Waals surface area contributed by atoms with Gasteiger partial charge < -0.3 is 15.4 Å². The molecule has 64 valence electrons. The maximum atomic E-state index is 5.68. The molecule has 0 amide bonds. The largest absolute Gasteiger partial charge is 0.375 e. The normalized spacial score (nSPS) is 39.3. The highest BCUT2D eigenvalue weighted by Gasteiger charge is 2.26. The van der Waals surface area contributed by atoms with Crippen LogP contribution in [0.1, 0.15) is 6.42 Å². The third-order valence-electron chi connectivity index (χ3n) is 2.58. The third-order valence-corrected chi connectivity index (χ3v) is 2.58. The van der Waals surface area contributed by atoms with Crippen molar-refractivity contribution < 1.29 is 4.74 Å². The fraction of sp³-hybridized carbons (Fsp3) is 1.00. The quantitative estimate of drug-likeness (QED) is 0.500. The van der Waals surface area contributed by atoms with E-state index in [1.165, 1.54) is 6.42 Å². The Labute approximate surface area is 67.5 Å². The lowest BCUT2D eigenvalue weighted by Gasteiger charge is -2.29. The first kappa shape index (κ1) is 7.53. The maximum absolute atomic E-state index is 5.68. The number of hydrogen-bond acceptors (Lipinski definition) is 3. The molecule has 3 nitrogen and oxygen atoms in total. The molecule has 2 heterocycles. The molecule has 0 unspecified atom stereocenters. The SMILES string of the molecule is C1CO[C@H]2CNCC[C@@H]2CN1. The molecule has 3 heteroatoms. The Kier molecular flexibility index (Phi) is 2.41. The Hall–Kier alpha value is -0.120. The van der Waals surface area contributed by atoms with E-state index in [2.05, 4.69) is 10.6 Å². The first-order valence-corrected chi connectivity index (χ1v) is 4.50. The van der Waals surface area contributed by atoms with Gasteiger partial charge in [0.05, 0.1) is 12.7 Å². The molecule has 0 spiro atoms. The standard InChI is InChI=1S/C8H16N2O/c1-2-9-6-8-7(1)5-10-3-4-11-8/h7-10H,1-6H2/t7-,8+/m1/s1. The number of fused-ring (bicyclic) bond motifs is 1. The number of rotatable bonds is 0. The van der Waals surface area contributed by atoms with Gasteiger partial charge in [0.1, 0.15) is 0 Å². The molecule has 0 radical (unpaired) electrons. The predicted molar refractivity (Wildman–Crippen MR) is 43.6 cm³/mol. The third kappa shape index (κ3) is 1.72. The first-order valence-electron chi connectivity index (χ1n) is 4.50. The van der Waals surface area contributed by atoms with E-state index in [0.717, 1.165) is 38.7 Å². The summed E-state index contributed by atoms with van der Waals surface area (Å²) in [6, 6.07) is 0. The van der Waals surface area contributed by atoms with Crippen molar-refractivity contribution >= 4 is 0 Å². The van der Waals surface area contributed by atoms with Gasteiger partial charge in [-0.2, -0.15) is 0 Å². The predicted octanol–water partition coefficient (Wildman–Crippen LogP) is -0.416. The van der Waals surface area contributed by atoms with Gasteiger partial charge in [-0.25, -0.2) is 0 Å². The number of nitrogens with one attached hydrogen (secondary N) is 2. The van der Waals surface area contributed by atoms with Gasteiger partial charge in [-0.15, -0.1) is 0 Å². The van der Waals surface area contributed by atoms with E-state index in [-0.39, 0.29) is 0 Å². The number of piperidine rings is 1. The van der Waals surface area contributed by atoms with E-state index in [9.17, 15) is 0 Å². The van der Waals surface area contributed by atoms with Gasteiger partial charge in [0.25, 0.3) is 0 Å². The molecular weight excluding hydrogens is 140 g/mol. The highest BCUT2D eigenvalue weighted by atomic mass is 16.5. The van der Waals surface area contributed by atoms with Crippen molar-refractivity contribution in [3.63, 3.8) is 0 Å². The zero-order chi connectivity index (χ0) is 7.52. The summed E-state index contributed by atoms with van der Waals surface area (Å²) in [5, 5.41) is 6.75. The summed E-state index contributed by atoms with van der Waals surface area (Å²) in [5.74, 6) is 0.749. The summed E-state index contributed by atoms with van der Waals surface area (Å²) in [6.07, 6.45) is 1.73. The molecule has 2 atom stereocenters. The van der Waals surface area contributed by atoms with Crippen LogP contribution in [0.25, 0.3) is 0 Å². The molecule has 11 heavy (non-hydrogen) atoms. The van der Waals surface area contributed by atoms with Crippen molar-refractivity contribution in [3.05, 3.63) is 0 Å². The van der Waals surface area contributed by atoms with Gasteiger partial charge in [-0.1, -0.05) is 0 Å². The van der Waals surface area contributed by atoms with Crippen molar-refractivity contribution in [1.82, 2.24) is 10.6 Å². The average Bonchev–Trinajstić information content (AvgIpc) is 2.28. The minimum Gasteiger partial charge on any atom is -0.375 e. The Balaban J connectivity index is 1.93. The van der Waals surface area contributed by atoms with Gasteiger partial charge in [-0.05, 0) is 13.0 Å². The lowest BCUT2D eigenvalue weighted by molar-refractivity contribution is 0.0179. The van der Waals surface area contributed by atoms with Gasteiger partial charge in [0.2, 0.25) is 0 Å². The van der Waals surface area contributed by atoms with Crippen LogP contribution in [-0.2, 0) is 4.74 Å². The smallest absolute Gasteiger partial charge is 0.0740 e. The van der Waals surface area contributed by atoms with Crippen molar-refractivity contribution in [2.75, 3.05) is 32.8 Å². The summed E-state index contributed by atoms with van der Waals surface area (Å²) >= 11 is 0. The maximum Gasteiger partial charge on any atom is 0.0740 e. The highest BCUT2D eigenvalue weighted by molar-refractivity contribution is 4.81. The van der Waals surface area contributed by atoms with E-state index in [4.69, 9.17) is 4.74 Å². The minimum atomic E-state index is 0.471. The fourth-order valence-corrected chi connectivity index (χ4v) is 1.88. The van der Waals surface area contributed by atoms with Crippen LogP contribution in [-0.4, -0.2) is 38.9 Å². The molecule has 2 aliphatic heterocycles. The Morgan fingerprint density at radius 1 is 1.09 bits per heavy atom. The van der Waals surface area contributed by atoms with Crippen molar-refractivity contribution in [3.8, 4) is 0 Å². The monoisotopic (exact) mass is 156 g/mol. The second-order valence-electron chi connectivity index (χ2n) is 3.37. The molecule has 0 aliphatic carbocycles. The second-order valence-corrected chi connectivity index (χ2v) is 3.37. The molecule has 2 fully saturated rings. The Morgan fingerprint density at radius 2 is 2.00 bits per heavy atom. The lowest BCUT2D eigenvalue weighted by Crippen LogP contribution is -2.43. The molecule has 0 saturated carbocycles. The van der Waals surface area contributed by atoms with Crippen LogP contribution in [0.2, 0.25) is 0 Å². The van der Waals surface area contributed by atoms with Crippen LogP contribution in [0.5, 0.6) is 0 Å². The van der Waals surface area contributed by atoms with Gasteiger partial charge in [-0.3, -0.25) is 0 Å². The topological polar surface area (TPSA) is 33.3 Å². The van der Waals surface area contributed by atoms with Gasteiger partial charge >= 0.3 is 0 Å². The molecule has 0 aromatic heterocycles. The number of hydrogen-bond donors (Lipinski definition) is 2. The molecule has 0 aromatic carbocycles. The molecule has 2 rings (SSSR count). The minimum absolute atomic E-state index is 0.471. The van der Waals surface area contributed by atoms with E-state index < -0.39 is 0 Å². The second kappa shape index (κ2) is 3.52. The van der Waals surface area contributed by atoms with Crippen molar-refractivity contribution in [2.45, 2.75) is 12.5 Å². The Bertz CT molecular complexity index is 115. The lowest BCUT2D eigenvalue weighted by atomic mass is 9.95. The van der Waals surface area contributed by atoms with E-state index in [0.29, 0.717) is 6.10 Å². The average molecular weight is 156 g/mol. The molecule has 2 saturated heterocycles. The number of ether oxygens (including phenoxy) is 1. The van der Waals surface area contributed by atoms with Crippen molar-refractivity contribution in [2.24, 2.45) is 5.92 Å². The van der Waals surface area contributed by atoms with E-state index in [1.54, 1.807) is 0 Å². The molecule has 0 bridgehead atoms.